The Morgan fingerprint density at radius 2 is 2.06 bits per heavy atom. The number of β-lactam (4-membered cyclic amide) rings is 1. The SMILES string of the molecule is C=CC[C@@H]1C(=O)N(c2ccc(OC)cc2)[C@H]1C=O. The fraction of sp³-hybridized carbons (Fsp3) is 0.286. The van der Waals surface area contributed by atoms with E-state index < -0.39 is 0 Å². The number of methoxy groups -OCH3 is 1. The van der Waals surface area contributed by atoms with Crippen molar-refractivity contribution < 1.29 is 14.3 Å². The Hall–Kier alpha value is -2.10. The van der Waals surface area contributed by atoms with Crippen LogP contribution >= 0.6 is 0 Å². The highest BCUT2D eigenvalue weighted by Gasteiger charge is 2.46. The number of hydrogen-bond acceptors (Lipinski definition) is 3. The van der Waals surface area contributed by atoms with Crippen molar-refractivity contribution in [2.45, 2.75) is 12.5 Å². The number of ether oxygens (including phenoxy) is 1. The van der Waals surface area contributed by atoms with Crippen molar-refractivity contribution in [3.63, 3.8) is 0 Å². The third-order valence-corrected chi connectivity index (χ3v) is 3.18. The molecule has 2 rings (SSSR count). The lowest BCUT2D eigenvalue weighted by atomic mass is 9.85. The van der Waals surface area contributed by atoms with Crippen molar-refractivity contribution >= 4 is 17.9 Å². The van der Waals surface area contributed by atoms with Gasteiger partial charge >= 0.3 is 0 Å². The molecular formula is C14H15NO3. The van der Waals surface area contributed by atoms with Crippen LogP contribution in [-0.2, 0) is 9.59 Å². The van der Waals surface area contributed by atoms with Gasteiger partial charge in [0, 0.05) is 5.69 Å². The summed E-state index contributed by atoms with van der Waals surface area (Å²) in [6.07, 6.45) is 3.03. The highest BCUT2D eigenvalue weighted by atomic mass is 16.5. The van der Waals surface area contributed by atoms with Gasteiger partial charge in [-0.25, -0.2) is 0 Å². The van der Waals surface area contributed by atoms with Crippen LogP contribution in [0.15, 0.2) is 36.9 Å². The molecule has 0 N–H and O–H groups in total. The molecule has 1 aliphatic rings. The van der Waals surface area contributed by atoms with Crippen LogP contribution in [0.25, 0.3) is 0 Å². The minimum absolute atomic E-state index is 0.0304. The normalized spacial score (nSPS) is 22.3. The first-order chi connectivity index (χ1) is 8.72. The topological polar surface area (TPSA) is 46.6 Å². The summed E-state index contributed by atoms with van der Waals surface area (Å²) in [6, 6.07) is 6.70. The van der Waals surface area contributed by atoms with E-state index in [4.69, 9.17) is 4.74 Å². The van der Waals surface area contributed by atoms with Gasteiger partial charge in [-0.15, -0.1) is 6.58 Å². The zero-order valence-electron chi connectivity index (χ0n) is 10.2. The Morgan fingerprint density at radius 3 is 2.56 bits per heavy atom. The van der Waals surface area contributed by atoms with E-state index in [2.05, 4.69) is 6.58 Å². The molecule has 18 heavy (non-hydrogen) atoms. The molecule has 0 unspecified atom stereocenters. The maximum absolute atomic E-state index is 12.0. The molecule has 0 radical (unpaired) electrons. The lowest BCUT2D eigenvalue weighted by Gasteiger charge is -2.44. The molecule has 0 aromatic heterocycles. The maximum atomic E-state index is 12.0. The second-order valence-corrected chi connectivity index (χ2v) is 4.16. The van der Waals surface area contributed by atoms with Gasteiger partial charge in [-0.1, -0.05) is 6.08 Å². The lowest BCUT2D eigenvalue weighted by Crippen LogP contribution is -2.62. The average molecular weight is 245 g/mol. The molecule has 1 aliphatic heterocycles. The molecule has 1 aromatic carbocycles. The summed E-state index contributed by atoms with van der Waals surface area (Å²) in [4.78, 5) is 24.6. The first-order valence-corrected chi connectivity index (χ1v) is 5.76. The van der Waals surface area contributed by atoms with Crippen LogP contribution in [-0.4, -0.2) is 25.3 Å². The van der Waals surface area contributed by atoms with Gasteiger partial charge in [0.15, 0.2) is 0 Å². The minimum Gasteiger partial charge on any atom is -0.497 e. The third-order valence-electron chi connectivity index (χ3n) is 3.18. The number of amides is 1. The fourth-order valence-electron chi connectivity index (χ4n) is 2.19. The van der Waals surface area contributed by atoms with Gasteiger partial charge in [0.05, 0.1) is 13.0 Å². The molecule has 0 bridgehead atoms. The first kappa shape index (κ1) is 12.4. The van der Waals surface area contributed by atoms with E-state index >= 15 is 0 Å². The standard InChI is InChI=1S/C14H15NO3/c1-3-4-12-13(9-16)15(14(12)17)10-5-7-11(18-2)8-6-10/h3,5-9,12-13H,1,4H2,2H3/t12-,13-/m0/s1. The monoisotopic (exact) mass is 245 g/mol. The van der Waals surface area contributed by atoms with E-state index in [9.17, 15) is 9.59 Å². The van der Waals surface area contributed by atoms with Crippen LogP contribution in [0.2, 0.25) is 0 Å². The summed E-state index contributed by atoms with van der Waals surface area (Å²) in [5.74, 6) is 0.427. The Balaban J connectivity index is 2.20. The van der Waals surface area contributed by atoms with Crippen LogP contribution in [0.4, 0.5) is 5.69 Å². The highest BCUT2D eigenvalue weighted by Crippen LogP contribution is 2.34. The number of nitrogens with zero attached hydrogens (tertiary/aromatic N) is 1. The molecule has 1 fully saturated rings. The second-order valence-electron chi connectivity index (χ2n) is 4.16. The Kier molecular flexibility index (Phi) is 3.46. The zero-order valence-corrected chi connectivity index (χ0v) is 10.2. The van der Waals surface area contributed by atoms with Gasteiger partial charge in [-0.3, -0.25) is 4.79 Å². The molecule has 94 valence electrons. The summed E-state index contributed by atoms with van der Waals surface area (Å²) < 4.78 is 5.05. The number of aldehydes is 1. The van der Waals surface area contributed by atoms with Crippen LogP contribution in [0, 0.1) is 5.92 Å². The van der Waals surface area contributed by atoms with Crippen LogP contribution in [0.1, 0.15) is 6.42 Å². The molecule has 2 atom stereocenters. The van der Waals surface area contributed by atoms with Crippen molar-refractivity contribution in [2.75, 3.05) is 12.0 Å². The van der Waals surface area contributed by atoms with Crippen molar-refractivity contribution in [3.05, 3.63) is 36.9 Å². The Morgan fingerprint density at radius 1 is 1.39 bits per heavy atom. The predicted molar refractivity (Wildman–Crippen MR) is 68.6 cm³/mol. The first-order valence-electron chi connectivity index (χ1n) is 5.76. The molecular weight excluding hydrogens is 230 g/mol. The minimum atomic E-state index is -0.385. The summed E-state index contributed by atoms with van der Waals surface area (Å²) >= 11 is 0. The van der Waals surface area contributed by atoms with Crippen molar-refractivity contribution in [2.24, 2.45) is 5.92 Å². The van der Waals surface area contributed by atoms with E-state index in [-0.39, 0.29) is 17.9 Å². The zero-order chi connectivity index (χ0) is 13.1. The molecule has 1 aromatic rings. The van der Waals surface area contributed by atoms with Crippen molar-refractivity contribution in [1.82, 2.24) is 0 Å². The number of carbonyl (C=O) groups is 2. The van der Waals surface area contributed by atoms with Crippen molar-refractivity contribution in [1.29, 1.82) is 0 Å². The second kappa shape index (κ2) is 5.04. The van der Waals surface area contributed by atoms with Gasteiger partial charge < -0.3 is 14.4 Å². The van der Waals surface area contributed by atoms with Crippen LogP contribution in [0.3, 0.4) is 0 Å². The van der Waals surface area contributed by atoms with E-state index in [1.165, 1.54) is 4.90 Å². The molecule has 0 saturated carbocycles. The fourth-order valence-corrected chi connectivity index (χ4v) is 2.19. The molecule has 1 amide bonds. The number of benzene rings is 1. The average Bonchev–Trinajstić information content (AvgIpc) is 2.42. The van der Waals surface area contributed by atoms with Gasteiger partial charge in [-0.2, -0.15) is 0 Å². The maximum Gasteiger partial charge on any atom is 0.233 e. The lowest BCUT2D eigenvalue weighted by molar-refractivity contribution is -0.133. The third kappa shape index (κ3) is 1.90. The number of hydrogen-bond donors (Lipinski definition) is 0. The number of carbonyl (C=O) groups excluding carboxylic acids is 2. The van der Waals surface area contributed by atoms with Gasteiger partial charge in [-0.05, 0) is 30.7 Å². The highest BCUT2D eigenvalue weighted by molar-refractivity contribution is 6.08. The summed E-state index contributed by atoms with van der Waals surface area (Å²) in [7, 11) is 1.58. The van der Waals surface area contributed by atoms with Crippen LogP contribution < -0.4 is 9.64 Å². The smallest absolute Gasteiger partial charge is 0.233 e. The van der Waals surface area contributed by atoms with Crippen molar-refractivity contribution in [3.8, 4) is 5.75 Å². The Labute approximate surface area is 106 Å². The molecule has 4 nitrogen and oxygen atoms in total. The largest absolute Gasteiger partial charge is 0.497 e. The molecule has 0 aliphatic carbocycles. The quantitative estimate of drug-likeness (QED) is 0.451. The van der Waals surface area contributed by atoms with E-state index in [0.29, 0.717) is 6.42 Å². The summed E-state index contributed by atoms with van der Waals surface area (Å²) in [5.41, 5.74) is 0.721. The van der Waals surface area contributed by atoms with Crippen LogP contribution in [0.5, 0.6) is 5.75 Å². The number of anilines is 1. The van der Waals surface area contributed by atoms with Gasteiger partial charge in [0.25, 0.3) is 0 Å². The Bertz CT molecular complexity index is 466. The summed E-state index contributed by atoms with van der Waals surface area (Å²) in [6.45, 7) is 3.60. The number of allylic oxidation sites excluding steroid dienone is 1. The van der Waals surface area contributed by atoms with E-state index in [1.807, 2.05) is 0 Å². The van der Waals surface area contributed by atoms with E-state index in [1.54, 1.807) is 37.5 Å². The molecule has 4 heteroatoms. The molecule has 0 spiro atoms. The van der Waals surface area contributed by atoms with Gasteiger partial charge in [0.2, 0.25) is 5.91 Å². The van der Waals surface area contributed by atoms with Gasteiger partial charge in [0.1, 0.15) is 18.1 Å². The molecule has 1 saturated heterocycles. The van der Waals surface area contributed by atoms with E-state index in [0.717, 1.165) is 17.7 Å². The predicted octanol–water partition coefficient (Wildman–Crippen LogP) is 1.80. The number of rotatable bonds is 5. The molecule has 1 heterocycles. The summed E-state index contributed by atoms with van der Waals surface area (Å²) in [5, 5.41) is 0.